The fourth-order valence-corrected chi connectivity index (χ4v) is 9.18. The third kappa shape index (κ3) is 6.58. The Labute approximate surface area is 354 Å². The standard InChI is InChI=1S/C54H61N4O/c1-51(2,3)33-36-17-15-22-48-50(36)58(41-28-38(53(7,8)9)27-39(29-41)54(10,11)12)34-57(48,35-58)40-18-16-19-42(31-40)59-43-23-24-45-44-20-13-14-21-46(44)56(47(45)32-43)49-30-37(25-26-55-49)52(4,5)6/h13-32,34H,33,35H2,1-12H3/q+1/t57-,58+/m1/s1/i33D2. The molecule has 0 amide bonds. The lowest BCUT2D eigenvalue weighted by Gasteiger charge is -2.56. The highest BCUT2D eigenvalue weighted by molar-refractivity contribution is 6.09. The molecular formula is C54H61N4O+. The SMILES string of the molecule is [2H]C([2H])(c1cccc2c1[N@@+]1(c3cc(C(C)(C)C)cc(C(C)(C)C)c3)[CH-][N@+]2(c2cccc(Oc3ccc4c5ccccc5n(-c5cc(C(C)(C)C)ccn5)c4c3)c2)C1)C(C)(C)C. The van der Waals surface area contributed by atoms with Gasteiger partial charge in [0.2, 0.25) is 0 Å². The molecule has 5 heteroatoms. The third-order valence-corrected chi connectivity index (χ3v) is 12.3. The number of hydrogen-bond donors (Lipinski definition) is 0. The molecule has 0 radical (unpaired) electrons. The van der Waals surface area contributed by atoms with Crippen molar-refractivity contribution >= 4 is 44.6 Å². The van der Waals surface area contributed by atoms with Gasteiger partial charge in [-0.1, -0.05) is 126 Å². The van der Waals surface area contributed by atoms with Crippen LogP contribution in [0.25, 0.3) is 27.6 Å². The number of pyridine rings is 1. The predicted octanol–water partition coefficient (Wildman–Crippen LogP) is 14.8. The van der Waals surface area contributed by atoms with E-state index in [1.807, 2.05) is 39.1 Å². The van der Waals surface area contributed by atoms with Crippen molar-refractivity contribution in [1.29, 1.82) is 0 Å². The van der Waals surface area contributed by atoms with E-state index in [4.69, 9.17) is 9.72 Å². The van der Waals surface area contributed by atoms with Crippen LogP contribution in [0.1, 0.15) is 108 Å². The smallest absolute Gasteiger partial charge is 0.186 e. The number of quaternary nitrogens is 2. The van der Waals surface area contributed by atoms with Gasteiger partial charge < -0.3 is 4.74 Å². The molecule has 1 saturated heterocycles. The third-order valence-electron chi connectivity index (χ3n) is 12.3. The molecular weight excluding hydrogens is 721 g/mol. The summed E-state index contributed by atoms with van der Waals surface area (Å²) in [6, 6.07) is 41.1. The molecule has 302 valence electrons. The van der Waals surface area contributed by atoms with Crippen molar-refractivity contribution in [2.75, 3.05) is 6.67 Å². The molecule has 0 saturated carbocycles. The summed E-state index contributed by atoms with van der Waals surface area (Å²) >= 11 is 0. The lowest BCUT2D eigenvalue weighted by molar-refractivity contribution is 0.185. The fourth-order valence-electron chi connectivity index (χ4n) is 9.18. The Hall–Kier alpha value is -5.23. The van der Waals surface area contributed by atoms with E-state index in [0.29, 0.717) is 15.6 Å². The summed E-state index contributed by atoms with van der Waals surface area (Å²) < 4.78 is 29.4. The Morgan fingerprint density at radius 2 is 1.25 bits per heavy atom. The molecule has 0 aliphatic carbocycles. The minimum atomic E-state index is -1.59. The van der Waals surface area contributed by atoms with Crippen molar-refractivity contribution < 1.29 is 7.48 Å². The highest BCUT2D eigenvalue weighted by Crippen LogP contribution is 2.67. The molecule has 1 fully saturated rings. The van der Waals surface area contributed by atoms with Gasteiger partial charge in [-0.15, -0.1) is 0 Å². The molecule has 2 bridgehead atoms. The number of nitrogens with zero attached hydrogens (tertiary/aromatic N) is 4. The van der Waals surface area contributed by atoms with Gasteiger partial charge in [0.05, 0.1) is 17.7 Å². The molecule has 59 heavy (non-hydrogen) atoms. The second-order valence-corrected chi connectivity index (χ2v) is 21.1. The monoisotopic (exact) mass is 783 g/mol. The summed E-state index contributed by atoms with van der Waals surface area (Å²) in [7, 11) is 0. The van der Waals surface area contributed by atoms with E-state index in [1.165, 1.54) is 27.8 Å². The molecule has 2 atom stereocenters. The Morgan fingerprint density at radius 3 is 1.93 bits per heavy atom. The molecule has 3 aliphatic heterocycles. The Morgan fingerprint density at radius 1 is 0.610 bits per heavy atom. The first-order valence-electron chi connectivity index (χ1n) is 22.2. The summed E-state index contributed by atoms with van der Waals surface area (Å²) in [5, 5.41) is 2.32. The lowest BCUT2D eigenvalue weighted by atomic mass is 9.80. The molecule has 5 aromatic carbocycles. The van der Waals surface area contributed by atoms with Crippen molar-refractivity contribution in [3.05, 3.63) is 150 Å². The van der Waals surface area contributed by atoms with E-state index in [1.54, 1.807) is 0 Å². The summed E-state index contributed by atoms with van der Waals surface area (Å²) in [5.41, 5.74) is 10.3. The summed E-state index contributed by atoms with van der Waals surface area (Å²) in [5.74, 6) is 2.38. The first kappa shape index (κ1) is 36.8. The molecule has 3 aliphatic rings. The molecule has 2 aromatic heterocycles. The Kier molecular flexibility index (Phi) is 8.20. The maximum Gasteiger partial charge on any atom is 0.186 e. The summed E-state index contributed by atoms with van der Waals surface area (Å²) in [6.07, 6.45) is 0.321. The minimum Gasteiger partial charge on any atom is -0.457 e. The topological polar surface area (TPSA) is 27.1 Å². The number of aromatic nitrogens is 2. The van der Waals surface area contributed by atoms with E-state index in [2.05, 4.69) is 177 Å². The van der Waals surface area contributed by atoms with E-state index < -0.39 is 11.8 Å². The van der Waals surface area contributed by atoms with Crippen LogP contribution >= 0.6 is 0 Å². The van der Waals surface area contributed by atoms with Crippen LogP contribution in [0.5, 0.6) is 11.5 Å². The first-order valence-corrected chi connectivity index (χ1v) is 21.2. The number of benzene rings is 5. The van der Waals surface area contributed by atoms with Crippen LogP contribution in [0.3, 0.4) is 0 Å². The van der Waals surface area contributed by atoms with Crippen LogP contribution < -0.4 is 13.7 Å². The van der Waals surface area contributed by atoms with Gasteiger partial charge in [-0.3, -0.25) is 13.5 Å². The number of hydrogen-bond acceptors (Lipinski definition) is 2. The van der Waals surface area contributed by atoms with Crippen LogP contribution in [-0.2, 0) is 22.6 Å². The molecule has 5 heterocycles. The summed E-state index contributed by atoms with van der Waals surface area (Å²) in [4.78, 5) is 4.88. The average Bonchev–Trinajstić information content (AvgIpc) is 3.78. The van der Waals surface area contributed by atoms with Crippen molar-refractivity contribution in [2.24, 2.45) is 5.41 Å². The van der Waals surface area contributed by atoms with Gasteiger partial charge in [0.15, 0.2) is 18.0 Å². The van der Waals surface area contributed by atoms with Crippen molar-refractivity contribution in [3.8, 4) is 17.3 Å². The van der Waals surface area contributed by atoms with Gasteiger partial charge in [0, 0.05) is 55.6 Å². The van der Waals surface area contributed by atoms with E-state index in [9.17, 15) is 2.74 Å². The maximum absolute atomic E-state index is 9.67. The van der Waals surface area contributed by atoms with E-state index in [0.717, 1.165) is 56.4 Å². The van der Waals surface area contributed by atoms with Crippen LogP contribution in [0.4, 0.5) is 22.7 Å². The molecule has 0 N–H and O–H groups in total. The molecule has 5 nitrogen and oxygen atoms in total. The molecule has 0 unspecified atom stereocenters. The minimum absolute atomic E-state index is 0.0183. The highest BCUT2D eigenvalue weighted by Gasteiger charge is 2.64. The normalized spacial score (nSPS) is 20.0. The number of ether oxygens (including phenoxy) is 1. The fraction of sp³-hybridized carbons (Fsp3) is 0.333. The zero-order chi connectivity index (χ0) is 43.7. The Bertz CT molecular complexity index is 2840. The van der Waals surface area contributed by atoms with Gasteiger partial charge in [0.1, 0.15) is 28.7 Å². The Balaban J connectivity index is 1.16. The zero-order valence-corrected chi connectivity index (χ0v) is 37.0. The molecule has 7 aromatic rings. The van der Waals surface area contributed by atoms with Crippen LogP contribution in [0, 0.1) is 12.1 Å². The van der Waals surface area contributed by atoms with Crippen LogP contribution in [0.15, 0.2) is 121 Å². The van der Waals surface area contributed by atoms with Crippen molar-refractivity contribution in [1.82, 2.24) is 18.5 Å². The van der Waals surface area contributed by atoms with E-state index in [-0.39, 0.29) is 16.2 Å². The molecule has 10 rings (SSSR count). The first-order chi connectivity index (χ1) is 28.4. The lowest BCUT2D eigenvalue weighted by Crippen LogP contribution is -2.67. The number of para-hydroxylation sites is 2. The number of rotatable bonds is 6. The van der Waals surface area contributed by atoms with E-state index >= 15 is 0 Å². The molecule has 0 spiro atoms. The highest BCUT2D eigenvalue weighted by atomic mass is 16.5. The predicted molar refractivity (Wildman–Crippen MR) is 249 cm³/mol. The van der Waals surface area contributed by atoms with Crippen LogP contribution in [-0.4, -0.2) is 16.2 Å². The largest absolute Gasteiger partial charge is 0.457 e. The quantitative estimate of drug-likeness (QED) is 0.124. The second kappa shape index (κ2) is 13.1. The van der Waals surface area contributed by atoms with Crippen molar-refractivity contribution in [2.45, 2.75) is 106 Å². The van der Waals surface area contributed by atoms with Crippen LogP contribution in [0.2, 0.25) is 0 Å². The van der Waals surface area contributed by atoms with Gasteiger partial charge in [0.25, 0.3) is 0 Å². The number of fused-ring (bicyclic) bond motifs is 3. The second-order valence-electron chi connectivity index (χ2n) is 21.1. The average molecular weight is 784 g/mol. The van der Waals surface area contributed by atoms with Gasteiger partial charge in [-0.05, 0) is 87.2 Å². The zero-order valence-electron chi connectivity index (χ0n) is 39.0. The van der Waals surface area contributed by atoms with Gasteiger partial charge in [-0.25, -0.2) is 4.98 Å². The van der Waals surface area contributed by atoms with Gasteiger partial charge >= 0.3 is 0 Å². The summed E-state index contributed by atoms with van der Waals surface area (Å²) in [6.45, 7) is 29.5. The van der Waals surface area contributed by atoms with Gasteiger partial charge in [-0.2, -0.15) is 0 Å². The van der Waals surface area contributed by atoms with Crippen molar-refractivity contribution in [3.63, 3.8) is 0 Å². The maximum atomic E-state index is 9.67.